The van der Waals surface area contributed by atoms with Crippen molar-refractivity contribution in [2.75, 3.05) is 0 Å². The summed E-state index contributed by atoms with van der Waals surface area (Å²) in [6.07, 6.45) is 1.21. The Morgan fingerprint density at radius 2 is 2.05 bits per heavy atom. The van der Waals surface area contributed by atoms with Gasteiger partial charge in [-0.1, -0.05) is 13.8 Å². The number of aliphatic carboxylic acids is 1. The third kappa shape index (κ3) is 4.49. The molecule has 1 atom stereocenters. The largest absolute Gasteiger partial charge is 0.480 e. The van der Waals surface area contributed by atoms with E-state index >= 15 is 0 Å². The maximum atomic E-state index is 11.9. The Hall–Kier alpha value is -1.67. The number of sulfonamides is 1. The molecule has 1 aromatic rings. The number of aromatic amines is 1. The topological polar surface area (TPSA) is 116 Å². The highest BCUT2D eigenvalue weighted by molar-refractivity contribution is 7.89. The highest BCUT2D eigenvalue weighted by Gasteiger charge is 2.26. The SMILES string of the molecule is CC(C)CC(NS(=O)(=O)c1ccc(=O)[nH]c1)C(=O)O. The van der Waals surface area contributed by atoms with Crippen LogP contribution in [0, 0.1) is 5.92 Å². The van der Waals surface area contributed by atoms with Crippen molar-refractivity contribution in [3.8, 4) is 0 Å². The first kappa shape index (κ1) is 15.4. The van der Waals surface area contributed by atoms with Gasteiger partial charge in [-0.25, -0.2) is 8.42 Å². The monoisotopic (exact) mass is 288 g/mol. The molecule has 106 valence electrons. The van der Waals surface area contributed by atoms with Crippen LogP contribution in [0.2, 0.25) is 0 Å². The zero-order valence-electron chi connectivity index (χ0n) is 10.6. The molecule has 19 heavy (non-hydrogen) atoms. The van der Waals surface area contributed by atoms with Gasteiger partial charge in [0.25, 0.3) is 0 Å². The average Bonchev–Trinajstić information content (AvgIpc) is 2.27. The lowest BCUT2D eigenvalue weighted by Crippen LogP contribution is -2.41. The molecule has 0 aromatic carbocycles. The molecule has 8 heteroatoms. The molecule has 1 aromatic heterocycles. The van der Waals surface area contributed by atoms with E-state index in [9.17, 15) is 18.0 Å². The summed E-state index contributed by atoms with van der Waals surface area (Å²) in [6, 6.07) is 0.985. The van der Waals surface area contributed by atoms with Crippen molar-refractivity contribution in [1.29, 1.82) is 0 Å². The molecule has 1 heterocycles. The molecule has 0 fully saturated rings. The lowest BCUT2D eigenvalue weighted by Gasteiger charge is -2.16. The fraction of sp³-hybridized carbons (Fsp3) is 0.455. The minimum Gasteiger partial charge on any atom is -0.480 e. The molecule has 0 amide bonds. The van der Waals surface area contributed by atoms with E-state index in [-0.39, 0.29) is 17.2 Å². The van der Waals surface area contributed by atoms with Crippen LogP contribution in [0.15, 0.2) is 28.0 Å². The van der Waals surface area contributed by atoms with Crippen LogP contribution in [0.25, 0.3) is 0 Å². The predicted molar refractivity (Wildman–Crippen MR) is 68.3 cm³/mol. The normalized spacial score (nSPS) is 13.4. The lowest BCUT2D eigenvalue weighted by molar-refractivity contribution is -0.139. The molecular weight excluding hydrogens is 272 g/mol. The number of hydrogen-bond donors (Lipinski definition) is 3. The third-order valence-electron chi connectivity index (χ3n) is 2.37. The number of H-pyrrole nitrogens is 1. The minimum atomic E-state index is -3.97. The van der Waals surface area contributed by atoms with E-state index in [0.29, 0.717) is 0 Å². The minimum absolute atomic E-state index is 0.0272. The summed E-state index contributed by atoms with van der Waals surface area (Å²) in [5.41, 5.74) is -0.434. The summed E-state index contributed by atoms with van der Waals surface area (Å²) in [5.74, 6) is -1.21. The van der Waals surface area contributed by atoms with Crippen molar-refractivity contribution in [3.05, 3.63) is 28.7 Å². The van der Waals surface area contributed by atoms with Crippen LogP contribution in [0.1, 0.15) is 20.3 Å². The lowest BCUT2D eigenvalue weighted by atomic mass is 10.1. The number of carboxylic acids is 1. The van der Waals surface area contributed by atoms with E-state index in [1.807, 2.05) is 0 Å². The molecule has 0 bridgehead atoms. The van der Waals surface area contributed by atoms with E-state index in [1.165, 1.54) is 0 Å². The smallest absolute Gasteiger partial charge is 0.321 e. The summed E-state index contributed by atoms with van der Waals surface area (Å²) >= 11 is 0. The Balaban J connectivity index is 2.97. The summed E-state index contributed by atoms with van der Waals surface area (Å²) in [4.78, 5) is 23.9. The fourth-order valence-electron chi connectivity index (χ4n) is 1.49. The molecule has 0 spiro atoms. The van der Waals surface area contributed by atoms with E-state index in [1.54, 1.807) is 13.8 Å². The summed E-state index contributed by atoms with van der Waals surface area (Å²) < 4.78 is 26.0. The van der Waals surface area contributed by atoms with Crippen LogP contribution in [0.5, 0.6) is 0 Å². The first-order valence-corrected chi connectivity index (χ1v) is 7.14. The maximum Gasteiger partial charge on any atom is 0.321 e. The molecule has 3 N–H and O–H groups in total. The first-order valence-electron chi connectivity index (χ1n) is 5.66. The van der Waals surface area contributed by atoms with Crippen LogP contribution < -0.4 is 10.3 Å². The molecule has 7 nitrogen and oxygen atoms in total. The average molecular weight is 288 g/mol. The van der Waals surface area contributed by atoms with Gasteiger partial charge in [0.1, 0.15) is 6.04 Å². The summed E-state index contributed by atoms with van der Waals surface area (Å²) in [7, 11) is -3.97. The van der Waals surface area contributed by atoms with E-state index in [0.717, 1.165) is 18.3 Å². The molecule has 0 aliphatic heterocycles. The van der Waals surface area contributed by atoms with Crippen molar-refractivity contribution in [2.24, 2.45) is 5.92 Å². The van der Waals surface area contributed by atoms with Crippen LogP contribution >= 0.6 is 0 Å². The Kier molecular flexibility index (Phi) is 4.84. The van der Waals surface area contributed by atoms with Gasteiger partial charge >= 0.3 is 5.97 Å². The van der Waals surface area contributed by atoms with Gasteiger partial charge in [0.2, 0.25) is 15.6 Å². The second-order valence-corrected chi connectivity index (χ2v) is 6.24. The highest BCUT2D eigenvalue weighted by Crippen LogP contribution is 2.10. The zero-order chi connectivity index (χ0) is 14.6. The second kappa shape index (κ2) is 5.98. The molecule has 0 saturated heterocycles. The van der Waals surface area contributed by atoms with Crippen LogP contribution in [0.4, 0.5) is 0 Å². The van der Waals surface area contributed by atoms with Crippen molar-refractivity contribution in [1.82, 2.24) is 9.71 Å². The standard InChI is InChI=1S/C11H16N2O5S/c1-7(2)5-9(11(15)16)13-19(17,18)8-3-4-10(14)12-6-8/h3-4,6-7,9,13H,5H2,1-2H3,(H,12,14)(H,15,16). The van der Waals surface area contributed by atoms with Gasteiger partial charge < -0.3 is 10.1 Å². The summed E-state index contributed by atoms with van der Waals surface area (Å²) in [6.45, 7) is 3.59. The second-order valence-electron chi connectivity index (χ2n) is 4.53. The van der Waals surface area contributed by atoms with Crippen molar-refractivity contribution < 1.29 is 18.3 Å². The quantitative estimate of drug-likeness (QED) is 0.689. The third-order valence-corrected chi connectivity index (χ3v) is 3.84. The molecule has 1 rings (SSSR count). The van der Waals surface area contributed by atoms with Gasteiger partial charge in [-0.15, -0.1) is 0 Å². The molecule has 0 saturated carbocycles. The highest BCUT2D eigenvalue weighted by atomic mass is 32.2. The molecule has 0 aliphatic carbocycles. The zero-order valence-corrected chi connectivity index (χ0v) is 11.4. The van der Waals surface area contributed by atoms with Gasteiger partial charge in [-0.2, -0.15) is 4.72 Å². The molecule has 1 unspecified atom stereocenters. The van der Waals surface area contributed by atoms with Crippen molar-refractivity contribution in [3.63, 3.8) is 0 Å². The van der Waals surface area contributed by atoms with Gasteiger partial charge in [-0.3, -0.25) is 9.59 Å². The van der Waals surface area contributed by atoms with E-state index < -0.39 is 27.6 Å². The molecule has 0 aliphatic rings. The van der Waals surface area contributed by atoms with Gasteiger partial charge in [0, 0.05) is 12.3 Å². The van der Waals surface area contributed by atoms with E-state index in [4.69, 9.17) is 5.11 Å². The van der Waals surface area contributed by atoms with Crippen molar-refractivity contribution in [2.45, 2.75) is 31.2 Å². The number of pyridine rings is 1. The van der Waals surface area contributed by atoms with Gasteiger partial charge in [0.05, 0.1) is 4.90 Å². The van der Waals surface area contributed by atoms with E-state index in [2.05, 4.69) is 9.71 Å². The molecular formula is C11H16N2O5S. The molecule has 0 radical (unpaired) electrons. The maximum absolute atomic E-state index is 11.9. The van der Waals surface area contributed by atoms with Crippen LogP contribution in [-0.4, -0.2) is 30.5 Å². The number of hydrogen-bond acceptors (Lipinski definition) is 4. The number of nitrogens with one attached hydrogen (secondary N) is 2. The van der Waals surface area contributed by atoms with Gasteiger partial charge in [0.15, 0.2) is 0 Å². The Morgan fingerprint density at radius 3 is 2.47 bits per heavy atom. The number of carboxylic acid groups (broad SMARTS) is 1. The number of aromatic nitrogens is 1. The van der Waals surface area contributed by atoms with Gasteiger partial charge in [-0.05, 0) is 18.4 Å². The van der Waals surface area contributed by atoms with Crippen molar-refractivity contribution >= 4 is 16.0 Å². The van der Waals surface area contributed by atoms with Crippen LogP contribution in [0.3, 0.4) is 0 Å². The Bertz CT molecular complexity index is 585. The summed E-state index contributed by atoms with van der Waals surface area (Å²) in [5, 5.41) is 8.99. The Labute approximate surface area is 110 Å². The predicted octanol–water partition coefficient (Wildman–Crippen LogP) is 0.152. The fourth-order valence-corrected chi connectivity index (χ4v) is 2.66. The number of rotatable bonds is 6. The number of carbonyl (C=O) groups is 1. The van der Waals surface area contributed by atoms with Crippen LogP contribution in [-0.2, 0) is 14.8 Å². The first-order chi connectivity index (χ1) is 8.72. The Morgan fingerprint density at radius 1 is 1.42 bits per heavy atom.